The second kappa shape index (κ2) is 12.9. The number of benzene rings is 2. The molecule has 0 radical (unpaired) electrons. The molecule has 7 N–H and O–H groups in total. The van der Waals surface area contributed by atoms with Gasteiger partial charge >= 0.3 is 0 Å². The molecule has 0 aliphatic heterocycles. The third-order valence-corrected chi connectivity index (χ3v) is 4.02. The molecule has 11 heteroatoms. The lowest BCUT2D eigenvalue weighted by atomic mass is 10.1. The Labute approximate surface area is 184 Å². The van der Waals surface area contributed by atoms with Crippen LogP contribution in [0.15, 0.2) is 62.9 Å². The van der Waals surface area contributed by atoms with Crippen molar-refractivity contribution < 1.29 is 4.79 Å². The molecule has 1 amide bonds. The second-order valence-electron chi connectivity index (χ2n) is 5.68. The lowest BCUT2D eigenvalue weighted by Crippen LogP contribution is -2.34. The molecule has 0 bridgehead atoms. The lowest BCUT2D eigenvalue weighted by Gasteiger charge is -1.99. The third kappa shape index (κ3) is 9.67. The van der Waals surface area contributed by atoms with Gasteiger partial charge in [0.25, 0.3) is 0 Å². The summed E-state index contributed by atoms with van der Waals surface area (Å²) in [5.41, 5.74) is 18.1. The Hall–Kier alpha value is -3.43. The number of carbonyl (C=O) groups excluding carboxylic acids is 1. The number of halogens is 2. The number of guanidine groups is 2. The number of carbonyl (C=O) groups is 1. The summed E-state index contributed by atoms with van der Waals surface area (Å²) in [6.07, 6.45) is 2.96. The number of rotatable bonds is 4. The summed E-state index contributed by atoms with van der Waals surface area (Å²) >= 11 is 11.9. The Morgan fingerprint density at radius 3 is 2.17 bits per heavy atom. The predicted octanol–water partition coefficient (Wildman–Crippen LogP) is 2.38. The van der Waals surface area contributed by atoms with Crippen molar-refractivity contribution in [1.82, 2.24) is 5.32 Å². The minimum atomic E-state index is -0.297. The second-order valence-corrected chi connectivity index (χ2v) is 6.47. The molecular formula is C19H22Cl2N8O. The van der Waals surface area contributed by atoms with Crippen LogP contribution in [0, 0.1) is 6.92 Å². The Balaban J connectivity index is 0.000000303. The summed E-state index contributed by atoms with van der Waals surface area (Å²) in [4.78, 5) is 10.6. The van der Waals surface area contributed by atoms with Crippen LogP contribution in [0.2, 0.25) is 10.0 Å². The summed E-state index contributed by atoms with van der Waals surface area (Å²) in [6.45, 7) is 3.25. The molecule has 0 aromatic heterocycles. The van der Waals surface area contributed by atoms with Gasteiger partial charge in [-0.2, -0.15) is 10.2 Å². The first kappa shape index (κ1) is 24.6. The fourth-order valence-electron chi connectivity index (χ4n) is 1.87. The van der Waals surface area contributed by atoms with Gasteiger partial charge in [0.2, 0.25) is 17.8 Å². The van der Waals surface area contributed by atoms with E-state index in [9.17, 15) is 4.79 Å². The quantitative estimate of drug-likeness (QED) is 0.321. The van der Waals surface area contributed by atoms with E-state index in [4.69, 9.17) is 40.4 Å². The number of nitrogens with two attached hydrogens (primary N) is 3. The van der Waals surface area contributed by atoms with Gasteiger partial charge in [-0.15, -0.1) is 10.2 Å². The Bertz CT molecular complexity index is 982. The highest BCUT2D eigenvalue weighted by Gasteiger charge is 1.99. The highest BCUT2D eigenvalue weighted by Crippen LogP contribution is 2.18. The molecule has 0 unspecified atom stereocenters. The molecule has 0 saturated heterocycles. The van der Waals surface area contributed by atoms with Crippen molar-refractivity contribution in [2.45, 2.75) is 13.8 Å². The minimum Gasteiger partial charge on any atom is -0.369 e. The van der Waals surface area contributed by atoms with Gasteiger partial charge in [-0.05, 0) is 18.6 Å². The molecule has 0 aliphatic carbocycles. The summed E-state index contributed by atoms with van der Waals surface area (Å²) in [5, 5.41) is 17.9. The van der Waals surface area contributed by atoms with Crippen LogP contribution >= 0.6 is 23.2 Å². The van der Waals surface area contributed by atoms with Crippen molar-refractivity contribution in [3.8, 4) is 0 Å². The number of nitrogens with one attached hydrogen (secondary N) is 1. The first-order valence-electron chi connectivity index (χ1n) is 8.46. The smallest absolute Gasteiger partial charge is 0.223 e. The number of hydrogen-bond acceptors (Lipinski definition) is 5. The van der Waals surface area contributed by atoms with Gasteiger partial charge in [-0.1, -0.05) is 59.6 Å². The van der Waals surface area contributed by atoms with E-state index in [1.165, 1.54) is 19.4 Å². The molecule has 0 spiro atoms. The van der Waals surface area contributed by atoms with Gasteiger partial charge < -0.3 is 17.2 Å². The van der Waals surface area contributed by atoms with Crippen LogP contribution in [0.5, 0.6) is 0 Å². The fourth-order valence-corrected chi connectivity index (χ4v) is 2.23. The average molecular weight is 449 g/mol. The van der Waals surface area contributed by atoms with E-state index in [1.54, 1.807) is 12.1 Å². The predicted molar refractivity (Wildman–Crippen MR) is 124 cm³/mol. The van der Waals surface area contributed by atoms with Crippen LogP contribution in [-0.2, 0) is 4.79 Å². The summed E-state index contributed by atoms with van der Waals surface area (Å²) in [6, 6.07) is 12.8. The molecule has 0 atom stereocenters. The van der Waals surface area contributed by atoms with E-state index < -0.39 is 0 Å². The minimum absolute atomic E-state index is 0.0594. The van der Waals surface area contributed by atoms with Crippen LogP contribution in [0.3, 0.4) is 0 Å². The zero-order chi connectivity index (χ0) is 22.5. The number of amides is 1. The summed E-state index contributed by atoms with van der Waals surface area (Å²) in [7, 11) is 0. The van der Waals surface area contributed by atoms with Gasteiger partial charge in [0, 0.05) is 23.1 Å². The molecule has 9 nitrogen and oxygen atoms in total. The molecule has 30 heavy (non-hydrogen) atoms. The molecule has 158 valence electrons. The molecule has 2 rings (SSSR count). The average Bonchev–Trinajstić information content (AvgIpc) is 2.66. The monoisotopic (exact) mass is 448 g/mol. The van der Waals surface area contributed by atoms with Crippen molar-refractivity contribution in [3.63, 3.8) is 0 Å². The van der Waals surface area contributed by atoms with Gasteiger partial charge in [0.1, 0.15) is 0 Å². The SMILES string of the molecule is CC(=O)N/C(N)=N/N=C/c1ccccc1Cl.Cc1cccc(/C=N/N=C(N)N)c1Cl. The Morgan fingerprint density at radius 2 is 1.53 bits per heavy atom. The van der Waals surface area contributed by atoms with Crippen LogP contribution in [0.1, 0.15) is 23.6 Å². The van der Waals surface area contributed by atoms with Gasteiger partial charge in [0.05, 0.1) is 17.5 Å². The van der Waals surface area contributed by atoms with E-state index in [-0.39, 0.29) is 17.8 Å². The van der Waals surface area contributed by atoms with Gasteiger partial charge in [-0.3, -0.25) is 10.1 Å². The fraction of sp³-hybridized carbons (Fsp3) is 0.105. The summed E-state index contributed by atoms with van der Waals surface area (Å²) < 4.78 is 0. The number of hydrogen-bond donors (Lipinski definition) is 4. The van der Waals surface area contributed by atoms with E-state index in [2.05, 4.69) is 25.7 Å². The molecule has 0 aliphatic rings. The maximum atomic E-state index is 10.6. The number of nitrogens with zero attached hydrogens (tertiary/aromatic N) is 4. The first-order valence-corrected chi connectivity index (χ1v) is 9.22. The molecule has 0 saturated carbocycles. The Kier molecular flexibility index (Phi) is 10.6. The van der Waals surface area contributed by atoms with Crippen LogP contribution in [0.4, 0.5) is 0 Å². The molecule has 2 aromatic rings. The topological polar surface area (TPSA) is 157 Å². The van der Waals surface area contributed by atoms with E-state index >= 15 is 0 Å². The van der Waals surface area contributed by atoms with Crippen LogP contribution in [0.25, 0.3) is 0 Å². The van der Waals surface area contributed by atoms with E-state index in [0.29, 0.717) is 10.0 Å². The van der Waals surface area contributed by atoms with Crippen LogP contribution < -0.4 is 22.5 Å². The van der Waals surface area contributed by atoms with E-state index in [0.717, 1.165) is 16.7 Å². The largest absolute Gasteiger partial charge is 0.369 e. The molecule has 2 aromatic carbocycles. The third-order valence-electron chi connectivity index (χ3n) is 3.16. The standard InChI is InChI=1S/C10H11ClN4O.C9H11ClN4/c1-7(16)14-10(12)15-13-6-8-4-2-3-5-9(8)11;1-6-3-2-4-7(8(6)10)5-13-14-9(11)12/h2-6H,1H3,(H3,12,14,15,16);2-5H,1H3,(H4,11,12,14)/b13-6+;13-5+. The number of aryl methyl sites for hydroxylation is 1. The zero-order valence-electron chi connectivity index (χ0n) is 16.4. The van der Waals surface area contributed by atoms with Crippen molar-refractivity contribution in [1.29, 1.82) is 0 Å². The van der Waals surface area contributed by atoms with Gasteiger partial charge in [0.15, 0.2) is 0 Å². The van der Waals surface area contributed by atoms with E-state index in [1.807, 2.05) is 37.3 Å². The van der Waals surface area contributed by atoms with Crippen molar-refractivity contribution in [2.75, 3.05) is 0 Å². The molecule has 0 fully saturated rings. The summed E-state index contributed by atoms with van der Waals surface area (Å²) in [5.74, 6) is -0.435. The van der Waals surface area contributed by atoms with Crippen molar-refractivity contribution >= 4 is 53.5 Å². The highest BCUT2D eigenvalue weighted by atomic mass is 35.5. The molecule has 0 heterocycles. The van der Waals surface area contributed by atoms with Gasteiger partial charge in [-0.25, -0.2) is 0 Å². The maximum absolute atomic E-state index is 10.6. The lowest BCUT2D eigenvalue weighted by molar-refractivity contribution is -0.117. The first-order chi connectivity index (χ1) is 14.2. The zero-order valence-corrected chi connectivity index (χ0v) is 17.9. The van der Waals surface area contributed by atoms with Crippen molar-refractivity contribution in [2.24, 2.45) is 37.6 Å². The Morgan fingerprint density at radius 1 is 0.933 bits per heavy atom. The van der Waals surface area contributed by atoms with Crippen molar-refractivity contribution in [3.05, 3.63) is 69.2 Å². The molecular weight excluding hydrogens is 427 g/mol. The highest BCUT2D eigenvalue weighted by molar-refractivity contribution is 6.34. The van der Waals surface area contributed by atoms with Crippen LogP contribution in [-0.4, -0.2) is 30.3 Å². The normalized spacial score (nSPS) is 11.1. The maximum Gasteiger partial charge on any atom is 0.223 e.